The number of likely N-dealkylation sites (N-methyl/N-ethyl adjacent to an activating group) is 1. The first-order chi connectivity index (χ1) is 31.7. The number of aliphatic hydroxyl groups is 1. The Hall–Kier alpha value is -5.84. The average molecular weight is 930 g/mol. The third kappa shape index (κ3) is 16.5. The summed E-state index contributed by atoms with van der Waals surface area (Å²) < 4.78 is 5.60. The second-order valence-electron chi connectivity index (χ2n) is 19.6. The highest BCUT2D eigenvalue weighted by molar-refractivity contribution is 5.94. The molecule has 1 saturated heterocycles. The van der Waals surface area contributed by atoms with Crippen LogP contribution in [0.3, 0.4) is 0 Å². The normalized spacial score (nSPS) is 17.1. The van der Waals surface area contributed by atoms with E-state index in [1.54, 1.807) is 45.3 Å². The molecule has 0 radical (unpaired) electrons. The second kappa shape index (κ2) is 25.3. The molecule has 17 heteroatoms. The number of benzene rings is 1. The molecule has 1 aliphatic heterocycles. The summed E-state index contributed by atoms with van der Waals surface area (Å²) >= 11 is 0. The number of hydrogen-bond donors (Lipinski definition) is 6. The SMILES string of the molecule is CC[C@H](C)[C@H](NC(=O)[C@@H](CC(O)[C@H](CC(C)C)NC(=O)[C@H](Cc1cnc[nH]1)N(C)C(=O)[C@H](Cc1ccccc1)NC(=O)[C@@H]1CCCN1C(=O)OC(C)(C)C)C(C)C)C(=O)NCc1ccccn1. The van der Waals surface area contributed by atoms with Gasteiger partial charge < -0.3 is 41.0 Å². The van der Waals surface area contributed by atoms with Crippen molar-refractivity contribution in [2.75, 3.05) is 13.6 Å². The number of nitrogens with zero attached hydrogens (tertiary/aromatic N) is 4. The number of hydrogen-bond acceptors (Lipinski definition) is 10. The molecule has 368 valence electrons. The Kier molecular flexibility index (Phi) is 20.3. The van der Waals surface area contributed by atoms with Crippen molar-refractivity contribution in [2.24, 2.45) is 23.7 Å². The van der Waals surface area contributed by atoms with Gasteiger partial charge in [-0.15, -0.1) is 0 Å². The molecule has 6 N–H and O–H groups in total. The van der Waals surface area contributed by atoms with E-state index < -0.39 is 71.6 Å². The number of carbonyl (C=O) groups excluding carboxylic acids is 6. The lowest BCUT2D eigenvalue weighted by molar-refractivity contribution is -0.143. The highest BCUT2D eigenvalue weighted by Crippen LogP contribution is 2.25. The van der Waals surface area contributed by atoms with E-state index in [1.165, 1.54) is 23.2 Å². The van der Waals surface area contributed by atoms with Crippen LogP contribution in [0.4, 0.5) is 4.79 Å². The minimum absolute atomic E-state index is 0.00979. The maximum atomic E-state index is 14.8. The van der Waals surface area contributed by atoms with Crippen molar-refractivity contribution in [2.45, 2.75) is 156 Å². The van der Waals surface area contributed by atoms with Crippen LogP contribution in [0.15, 0.2) is 67.3 Å². The fourth-order valence-corrected chi connectivity index (χ4v) is 8.26. The Labute approximate surface area is 396 Å². The van der Waals surface area contributed by atoms with Crippen LogP contribution in [0, 0.1) is 23.7 Å². The van der Waals surface area contributed by atoms with Crippen LogP contribution in [0.25, 0.3) is 0 Å². The van der Waals surface area contributed by atoms with Gasteiger partial charge in [-0.3, -0.25) is 33.9 Å². The zero-order chi connectivity index (χ0) is 49.4. The lowest BCUT2D eigenvalue weighted by Crippen LogP contribution is -2.59. The van der Waals surface area contributed by atoms with Gasteiger partial charge in [0.2, 0.25) is 29.5 Å². The number of rotatable bonds is 23. The number of likely N-dealkylation sites (tertiary alicyclic amines) is 1. The number of pyridine rings is 1. The largest absolute Gasteiger partial charge is 0.444 e. The van der Waals surface area contributed by atoms with Gasteiger partial charge in [-0.2, -0.15) is 0 Å². The zero-order valence-corrected chi connectivity index (χ0v) is 41.1. The number of nitrogens with one attached hydrogen (secondary N) is 5. The van der Waals surface area contributed by atoms with Crippen molar-refractivity contribution < 1.29 is 38.6 Å². The maximum Gasteiger partial charge on any atom is 0.410 e. The van der Waals surface area contributed by atoms with Crippen molar-refractivity contribution in [3.8, 4) is 0 Å². The Bertz CT molecular complexity index is 2040. The number of H-pyrrole nitrogens is 1. The maximum absolute atomic E-state index is 14.8. The summed E-state index contributed by atoms with van der Waals surface area (Å²) in [4.78, 5) is 98.3. The first kappa shape index (κ1) is 53.8. The summed E-state index contributed by atoms with van der Waals surface area (Å²) in [5, 5.41) is 23.8. The zero-order valence-electron chi connectivity index (χ0n) is 41.1. The molecule has 1 fully saturated rings. The van der Waals surface area contributed by atoms with Crippen LogP contribution in [-0.2, 0) is 48.1 Å². The summed E-state index contributed by atoms with van der Waals surface area (Å²) in [6.45, 7) is 17.3. The topological polar surface area (TPSA) is 228 Å². The molecule has 4 rings (SSSR count). The molecule has 8 atom stereocenters. The van der Waals surface area contributed by atoms with Crippen LogP contribution < -0.4 is 21.3 Å². The van der Waals surface area contributed by atoms with E-state index in [-0.39, 0.29) is 55.4 Å². The molecule has 0 saturated carbocycles. The fourth-order valence-electron chi connectivity index (χ4n) is 8.26. The third-order valence-electron chi connectivity index (χ3n) is 12.3. The molecule has 0 bridgehead atoms. The molecular formula is C50H75N9O8. The Morgan fingerprint density at radius 1 is 0.910 bits per heavy atom. The van der Waals surface area contributed by atoms with Crippen LogP contribution in [0.1, 0.15) is 111 Å². The Morgan fingerprint density at radius 2 is 1.61 bits per heavy atom. The highest BCUT2D eigenvalue weighted by Gasteiger charge is 2.41. The van der Waals surface area contributed by atoms with Crippen molar-refractivity contribution in [1.29, 1.82) is 0 Å². The summed E-state index contributed by atoms with van der Waals surface area (Å²) in [5.41, 5.74) is 1.25. The van der Waals surface area contributed by atoms with Gasteiger partial charge in [-0.1, -0.05) is 84.4 Å². The highest BCUT2D eigenvalue weighted by atomic mass is 16.6. The van der Waals surface area contributed by atoms with Crippen LogP contribution in [0.2, 0.25) is 0 Å². The molecule has 0 aliphatic carbocycles. The Morgan fingerprint density at radius 3 is 2.21 bits per heavy atom. The van der Waals surface area contributed by atoms with E-state index in [4.69, 9.17) is 4.74 Å². The van der Waals surface area contributed by atoms with Gasteiger partial charge in [0, 0.05) is 50.4 Å². The fraction of sp³-hybridized carbons (Fsp3) is 0.600. The van der Waals surface area contributed by atoms with E-state index in [2.05, 4.69) is 36.2 Å². The molecule has 3 heterocycles. The first-order valence-electron chi connectivity index (χ1n) is 23.7. The van der Waals surface area contributed by atoms with Gasteiger partial charge >= 0.3 is 6.09 Å². The molecule has 1 aromatic carbocycles. The van der Waals surface area contributed by atoms with E-state index >= 15 is 0 Å². The molecule has 0 spiro atoms. The minimum atomic E-state index is -1.19. The standard InChI is InChI=1S/C50H75N9O8/c1-11-33(6)43(47(64)53-29-35-20-15-16-22-52-35)57-44(61)37(32(4)5)27-42(60)38(24-31(2)3)55-46(63)41(26-36-28-51-30-54-36)58(10)48(65)39(25-34-18-13-12-14-19-34)56-45(62)40-21-17-23-59(40)49(66)67-50(7,8)9/h12-16,18-20,22,28,30-33,37-43,60H,11,17,21,23-27,29H2,1-10H3,(H,51,54)(H,53,64)(H,55,63)(H,56,62)(H,57,61)/t33-,37-,38-,39-,40-,41-,42?,43-/m0/s1. The molecule has 2 aromatic heterocycles. The van der Waals surface area contributed by atoms with Crippen LogP contribution >= 0.6 is 0 Å². The van der Waals surface area contributed by atoms with E-state index in [9.17, 15) is 33.9 Å². The van der Waals surface area contributed by atoms with Gasteiger partial charge in [0.15, 0.2) is 0 Å². The number of ether oxygens (including phenoxy) is 1. The van der Waals surface area contributed by atoms with Gasteiger partial charge in [-0.05, 0) is 81.9 Å². The van der Waals surface area contributed by atoms with Gasteiger partial charge in [0.25, 0.3) is 0 Å². The molecule has 6 amide bonds. The number of aromatic nitrogens is 3. The quantitative estimate of drug-likeness (QED) is 0.0768. The van der Waals surface area contributed by atoms with Gasteiger partial charge in [0.05, 0.1) is 30.7 Å². The van der Waals surface area contributed by atoms with Crippen LogP contribution in [-0.4, -0.2) is 121 Å². The molecule has 17 nitrogen and oxygen atoms in total. The number of carbonyl (C=O) groups is 6. The van der Waals surface area contributed by atoms with E-state index in [0.29, 0.717) is 43.6 Å². The van der Waals surface area contributed by atoms with E-state index in [1.807, 2.05) is 77.9 Å². The molecule has 3 aromatic rings. The van der Waals surface area contributed by atoms with E-state index in [0.717, 1.165) is 5.56 Å². The minimum Gasteiger partial charge on any atom is -0.444 e. The summed E-state index contributed by atoms with van der Waals surface area (Å²) in [7, 11) is 1.50. The summed E-state index contributed by atoms with van der Waals surface area (Å²) in [6.07, 6.45) is 4.92. The average Bonchev–Trinajstić information content (AvgIpc) is 4.00. The monoisotopic (exact) mass is 930 g/mol. The van der Waals surface area contributed by atoms with Crippen molar-refractivity contribution >= 4 is 35.6 Å². The summed E-state index contributed by atoms with van der Waals surface area (Å²) in [6, 6.07) is 9.83. The third-order valence-corrected chi connectivity index (χ3v) is 12.3. The number of aromatic amines is 1. The molecular weight excluding hydrogens is 855 g/mol. The first-order valence-corrected chi connectivity index (χ1v) is 23.7. The van der Waals surface area contributed by atoms with Gasteiger partial charge in [0.1, 0.15) is 29.8 Å². The molecule has 1 unspecified atom stereocenters. The van der Waals surface area contributed by atoms with Crippen molar-refractivity contribution in [1.82, 2.24) is 46.0 Å². The Balaban J connectivity index is 1.57. The molecule has 67 heavy (non-hydrogen) atoms. The number of amides is 6. The lowest BCUT2D eigenvalue weighted by Gasteiger charge is -2.35. The second-order valence-corrected chi connectivity index (χ2v) is 19.6. The predicted molar refractivity (Wildman–Crippen MR) is 255 cm³/mol. The lowest BCUT2D eigenvalue weighted by atomic mass is 9.85. The number of imidazole rings is 1. The summed E-state index contributed by atoms with van der Waals surface area (Å²) in [5.74, 6) is -3.49. The predicted octanol–water partition coefficient (Wildman–Crippen LogP) is 4.70. The molecule has 1 aliphatic rings. The van der Waals surface area contributed by atoms with Crippen LogP contribution in [0.5, 0.6) is 0 Å². The van der Waals surface area contributed by atoms with Gasteiger partial charge in [-0.25, -0.2) is 9.78 Å². The van der Waals surface area contributed by atoms with Crippen molar-refractivity contribution in [3.05, 3.63) is 84.2 Å². The number of aliphatic hydroxyl groups excluding tert-OH is 1. The van der Waals surface area contributed by atoms with Crippen molar-refractivity contribution in [3.63, 3.8) is 0 Å². The smallest absolute Gasteiger partial charge is 0.410 e.